The average molecular weight is 415 g/mol. The van der Waals surface area contributed by atoms with Crippen LogP contribution in [0, 0.1) is 11.8 Å². The van der Waals surface area contributed by atoms with Crippen LogP contribution < -0.4 is 27.4 Å². The standard InChI is InChI=1S/C18H33N5O6/c1-5-10(4)14(20)17(28)23-15(9(2)3)18(29)22-11(6-7-12(19)24)16(27)21-8-13(25)26/h9-11,14-15H,5-8,20H2,1-4H3,(H2,19,24)(H,21,27)(H,22,29)(H,23,28)(H,25,26). The van der Waals surface area contributed by atoms with Crippen LogP contribution in [-0.4, -0.2) is 59.4 Å². The number of nitrogens with one attached hydrogen (secondary N) is 3. The number of nitrogens with two attached hydrogens (primary N) is 2. The van der Waals surface area contributed by atoms with E-state index in [2.05, 4.69) is 16.0 Å². The summed E-state index contributed by atoms with van der Waals surface area (Å²) < 4.78 is 0. The molecular formula is C18H33N5O6. The van der Waals surface area contributed by atoms with Crippen molar-refractivity contribution in [2.24, 2.45) is 23.3 Å². The first kappa shape index (κ1) is 26.3. The maximum atomic E-state index is 12.7. The molecule has 0 rings (SSSR count). The molecule has 11 heteroatoms. The lowest BCUT2D eigenvalue weighted by molar-refractivity contribution is -0.139. The van der Waals surface area contributed by atoms with Gasteiger partial charge in [0.25, 0.3) is 0 Å². The number of hydrogen-bond acceptors (Lipinski definition) is 6. The first-order valence-electron chi connectivity index (χ1n) is 9.54. The van der Waals surface area contributed by atoms with Crippen LogP contribution in [0.2, 0.25) is 0 Å². The van der Waals surface area contributed by atoms with Gasteiger partial charge in [-0.05, 0) is 18.3 Å². The van der Waals surface area contributed by atoms with Gasteiger partial charge in [-0.3, -0.25) is 24.0 Å². The van der Waals surface area contributed by atoms with E-state index in [4.69, 9.17) is 16.6 Å². The predicted octanol–water partition coefficient (Wildman–Crippen LogP) is -1.55. The fraction of sp³-hybridized carbons (Fsp3) is 0.722. The van der Waals surface area contributed by atoms with Gasteiger partial charge in [0.2, 0.25) is 23.6 Å². The Morgan fingerprint density at radius 1 is 0.966 bits per heavy atom. The molecule has 4 amide bonds. The number of rotatable bonds is 13. The zero-order valence-corrected chi connectivity index (χ0v) is 17.4. The predicted molar refractivity (Wildman–Crippen MR) is 105 cm³/mol. The molecule has 0 aromatic rings. The highest BCUT2D eigenvalue weighted by molar-refractivity contribution is 5.94. The number of carboxylic acid groups (broad SMARTS) is 1. The van der Waals surface area contributed by atoms with E-state index >= 15 is 0 Å². The monoisotopic (exact) mass is 415 g/mol. The van der Waals surface area contributed by atoms with E-state index < -0.39 is 54.3 Å². The second-order valence-electron chi connectivity index (χ2n) is 7.32. The minimum atomic E-state index is -1.26. The number of carboxylic acids is 1. The van der Waals surface area contributed by atoms with E-state index in [-0.39, 0.29) is 24.7 Å². The molecule has 0 aromatic heterocycles. The maximum Gasteiger partial charge on any atom is 0.322 e. The van der Waals surface area contributed by atoms with Gasteiger partial charge in [-0.2, -0.15) is 0 Å². The summed E-state index contributed by atoms with van der Waals surface area (Å²) in [5.41, 5.74) is 11.0. The lowest BCUT2D eigenvalue weighted by Gasteiger charge is -2.27. The van der Waals surface area contributed by atoms with E-state index in [9.17, 15) is 24.0 Å². The van der Waals surface area contributed by atoms with Crippen LogP contribution in [0.15, 0.2) is 0 Å². The summed E-state index contributed by atoms with van der Waals surface area (Å²) in [5.74, 6) is -4.25. The lowest BCUT2D eigenvalue weighted by Crippen LogP contribution is -2.58. The highest BCUT2D eigenvalue weighted by Crippen LogP contribution is 2.09. The minimum absolute atomic E-state index is 0.0871. The Hall–Kier alpha value is -2.69. The molecule has 0 spiro atoms. The molecule has 4 atom stereocenters. The van der Waals surface area contributed by atoms with Gasteiger partial charge >= 0.3 is 5.97 Å². The molecule has 11 nitrogen and oxygen atoms in total. The van der Waals surface area contributed by atoms with Crippen LogP contribution in [0.5, 0.6) is 0 Å². The summed E-state index contributed by atoms with van der Waals surface area (Å²) in [6.45, 7) is 6.49. The molecule has 4 unspecified atom stereocenters. The number of primary amides is 1. The Bertz CT molecular complexity index is 610. The molecule has 0 aliphatic heterocycles. The molecule has 166 valence electrons. The van der Waals surface area contributed by atoms with Crippen molar-refractivity contribution in [2.45, 2.75) is 65.1 Å². The van der Waals surface area contributed by atoms with E-state index in [0.29, 0.717) is 6.42 Å². The molecule has 0 aromatic carbocycles. The molecule has 0 aliphatic rings. The van der Waals surface area contributed by atoms with Crippen LogP contribution in [0.25, 0.3) is 0 Å². The third kappa shape index (κ3) is 9.88. The van der Waals surface area contributed by atoms with Crippen molar-refractivity contribution in [2.75, 3.05) is 6.54 Å². The molecule has 29 heavy (non-hydrogen) atoms. The van der Waals surface area contributed by atoms with Crippen LogP contribution in [0.4, 0.5) is 0 Å². The van der Waals surface area contributed by atoms with Crippen molar-refractivity contribution >= 4 is 29.6 Å². The molecule has 0 radical (unpaired) electrons. The van der Waals surface area contributed by atoms with Crippen molar-refractivity contribution < 1.29 is 29.1 Å². The third-order valence-corrected chi connectivity index (χ3v) is 4.53. The molecule has 0 saturated carbocycles. The van der Waals surface area contributed by atoms with Crippen molar-refractivity contribution in [3.63, 3.8) is 0 Å². The van der Waals surface area contributed by atoms with Crippen molar-refractivity contribution in [3.05, 3.63) is 0 Å². The normalized spacial score (nSPS) is 15.0. The number of amides is 4. The number of aliphatic carboxylic acids is 1. The van der Waals surface area contributed by atoms with E-state index in [0.717, 1.165) is 0 Å². The Kier molecular flexibility index (Phi) is 11.5. The van der Waals surface area contributed by atoms with Crippen molar-refractivity contribution in [1.29, 1.82) is 0 Å². The zero-order valence-electron chi connectivity index (χ0n) is 17.4. The van der Waals surface area contributed by atoms with Crippen LogP contribution >= 0.6 is 0 Å². The minimum Gasteiger partial charge on any atom is -0.480 e. The molecular weight excluding hydrogens is 382 g/mol. The van der Waals surface area contributed by atoms with Gasteiger partial charge in [-0.15, -0.1) is 0 Å². The van der Waals surface area contributed by atoms with Gasteiger partial charge in [0, 0.05) is 6.42 Å². The molecule has 0 fully saturated rings. The van der Waals surface area contributed by atoms with Gasteiger partial charge in [0.1, 0.15) is 18.6 Å². The summed E-state index contributed by atoms with van der Waals surface area (Å²) in [6.07, 6.45) is 0.382. The van der Waals surface area contributed by atoms with Crippen LogP contribution in [0.1, 0.15) is 47.0 Å². The Labute approximate surface area is 170 Å². The Morgan fingerprint density at radius 3 is 2.00 bits per heavy atom. The second-order valence-corrected chi connectivity index (χ2v) is 7.32. The molecule has 0 bridgehead atoms. The van der Waals surface area contributed by atoms with Gasteiger partial charge in [0.05, 0.1) is 6.04 Å². The van der Waals surface area contributed by atoms with E-state index in [1.54, 1.807) is 13.8 Å². The summed E-state index contributed by atoms with van der Waals surface area (Å²) in [6, 6.07) is -2.95. The van der Waals surface area contributed by atoms with Gasteiger partial charge in [-0.25, -0.2) is 0 Å². The SMILES string of the molecule is CCC(C)C(N)C(=O)NC(C(=O)NC(CCC(N)=O)C(=O)NCC(=O)O)C(C)C. The van der Waals surface area contributed by atoms with Gasteiger partial charge in [-0.1, -0.05) is 34.1 Å². The summed E-state index contributed by atoms with van der Waals surface area (Å²) >= 11 is 0. The first-order chi connectivity index (χ1) is 13.4. The summed E-state index contributed by atoms with van der Waals surface area (Å²) in [5, 5.41) is 15.9. The smallest absolute Gasteiger partial charge is 0.322 e. The van der Waals surface area contributed by atoms with Crippen LogP contribution in [-0.2, 0) is 24.0 Å². The second kappa shape index (κ2) is 12.7. The quantitative estimate of drug-likeness (QED) is 0.209. The molecule has 8 N–H and O–H groups in total. The fourth-order valence-corrected chi connectivity index (χ4v) is 2.40. The average Bonchev–Trinajstić information content (AvgIpc) is 2.64. The Morgan fingerprint density at radius 2 is 1.55 bits per heavy atom. The molecule has 0 heterocycles. The maximum absolute atomic E-state index is 12.7. The summed E-state index contributed by atoms with van der Waals surface area (Å²) in [7, 11) is 0. The number of carbonyl (C=O) groups is 5. The van der Waals surface area contributed by atoms with Gasteiger partial charge < -0.3 is 32.5 Å². The number of hydrogen-bond donors (Lipinski definition) is 6. The van der Waals surface area contributed by atoms with Crippen LogP contribution in [0.3, 0.4) is 0 Å². The first-order valence-corrected chi connectivity index (χ1v) is 9.54. The van der Waals surface area contributed by atoms with Gasteiger partial charge in [0.15, 0.2) is 0 Å². The van der Waals surface area contributed by atoms with Crippen molar-refractivity contribution in [1.82, 2.24) is 16.0 Å². The highest BCUT2D eigenvalue weighted by atomic mass is 16.4. The summed E-state index contributed by atoms with van der Waals surface area (Å²) in [4.78, 5) is 58.9. The largest absolute Gasteiger partial charge is 0.480 e. The Balaban J connectivity index is 5.25. The fourth-order valence-electron chi connectivity index (χ4n) is 2.40. The van der Waals surface area contributed by atoms with E-state index in [1.807, 2.05) is 13.8 Å². The zero-order chi connectivity index (χ0) is 22.7. The third-order valence-electron chi connectivity index (χ3n) is 4.53. The molecule has 0 saturated heterocycles. The highest BCUT2D eigenvalue weighted by Gasteiger charge is 2.31. The molecule has 0 aliphatic carbocycles. The topological polar surface area (TPSA) is 194 Å². The lowest BCUT2D eigenvalue weighted by atomic mass is 9.97. The number of carbonyl (C=O) groups excluding carboxylic acids is 4. The van der Waals surface area contributed by atoms with E-state index in [1.165, 1.54) is 0 Å². The van der Waals surface area contributed by atoms with Crippen molar-refractivity contribution in [3.8, 4) is 0 Å².